The number of carbonyl (C=O) groups is 2. The lowest BCUT2D eigenvalue weighted by molar-refractivity contribution is 0.0102. The number of esters is 1. The maximum absolute atomic E-state index is 14.2. The van der Waals surface area contributed by atoms with Crippen molar-refractivity contribution in [1.82, 2.24) is 5.32 Å². The third-order valence-electron chi connectivity index (χ3n) is 9.09. The first kappa shape index (κ1) is 33.6. The Morgan fingerprint density at radius 1 is 0.480 bits per heavy atom. The van der Waals surface area contributed by atoms with Crippen LogP contribution in [0.4, 0.5) is 0 Å². The van der Waals surface area contributed by atoms with E-state index in [1.807, 2.05) is 84.9 Å². The lowest BCUT2D eigenvalue weighted by Gasteiger charge is -2.32. The van der Waals surface area contributed by atoms with Crippen LogP contribution in [0, 0.1) is 0 Å². The van der Waals surface area contributed by atoms with Crippen LogP contribution >= 0.6 is 15.8 Å². The van der Waals surface area contributed by atoms with Crippen molar-refractivity contribution >= 4 is 59.5 Å². The highest BCUT2D eigenvalue weighted by atomic mass is 31.1. The first-order chi connectivity index (χ1) is 24.7. The van der Waals surface area contributed by atoms with Crippen LogP contribution in [-0.2, 0) is 4.74 Å². The zero-order valence-corrected chi connectivity index (χ0v) is 29.6. The van der Waals surface area contributed by atoms with E-state index in [0.717, 1.165) is 29.9 Å². The van der Waals surface area contributed by atoms with Crippen LogP contribution in [0.3, 0.4) is 0 Å². The molecule has 2 atom stereocenters. The zero-order valence-electron chi connectivity index (χ0n) is 27.8. The number of carbonyl (C=O) groups excluding carboxylic acids is 2. The van der Waals surface area contributed by atoms with Gasteiger partial charge < -0.3 is 10.1 Å². The molecule has 1 N–H and O–H groups in total. The van der Waals surface area contributed by atoms with Gasteiger partial charge in [0.15, 0.2) is 0 Å². The van der Waals surface area contributed by atoms with Crippen molar-refractivity contribution in [3.63, 3.8) is 0 Å². The van der Waals surface area contributed by atoms with Gasteiger partial charge in [-0.05, 0) is 79.1 Å². The highest BCUT2D eigenvalue weighted by Crippen LogP contribution is 2.36. The molecule has 0 unspecified atom stereocenters. The molecule has 6 aromatic rings. The minimum Gasteiger partial charge on any atom is -0.457 e. The summed E-state index contributed by atoms with van der Waals surface area (Å²) in [5.74, 6) is -0.479. The predicted octanol–water partition coefficient (Wildman–Crippen LogP) is 7.10. The standard InChI is InChI=1S/C44H39NO3P2/c46-43(37-27-13-17-31-41(37)49(33-19-5-1-6-20-33)34-21-7-2-8-22-34)45-39-29-15-16-30-40(39)48-44(47)38-28-14-18-32-42(38)50(35-23-9-3-10-24-35)36-25-11-4-12-26-36/h1-14,17-28,31-32,39-40H,15-16,29-30H2,(H,45,46)/t39-,40-/m1/s1. The average Bonchev–Trinajstić information content (AvgIpc) is 3.18. The van der Waals surface area contributed by atoms with Gasteiger partial charge in [-0.2, -0.15) is 0 Å². The number of hydrogen-bond acceptors (Lipinski definition) is 3. The molecular formula is C44H39NO3P2. The summed E-state index contributed by atoms with van der Waals surface area (Å²) in [6, 6.07) is 57.0. The molecular weight excluding hydrogens is 652 g/mol. The smallest absolute Gasteiger partial charge is 0.339 e. The Labute approximate surface area is 297 Å². The Hall–Kier alpha value is -4.88. The Bertz CT molecular complexity index is 1800. The van der Waals surface area contributed by atoms with Gasteiger partial charge in [0.1, 0.15) is 6.10 Å². The molecule has 0 heterocycles. The van der Waals surface area contributed by atoms with Crippen molar-refractivity contribution in [2.45, 2.75) is 37.8 Å². The fraction of sp³-hybridized carbons (Fsp3) is 0.136. The number of ether oxygens (including phenoxy) is 1. The van der Waals surface area contributed by atoms with E-state index in [9.17, 15) is 9.59 Å². The quantitative estimate of drug-likeness (QED) is 0.123. The van der Waals surface area contributed by atoms with E-state index in [0.29, 0.717) is 17.5 Å². The second-order valence-electron chi connectivity index (χ2n) is 12.4. The molecule has 0 bridgehead atoms. The second-order valence-corrected chi connectivity index (χ2v) is 16.7. The highest BCUT2D eigenvalue weighted by molar-refractivity contribution is 7.80. The Kier molecular flexibility index (Phi) is 10.9. The number of hydrogen-bond donors (Lipinski definition) is 1. The van der Waals surface area contributed by atoms with Crippen LogP contribution in [0.2, 0.25) is 0 Å². The summed E-state index contributed by atoms with van der Waals surface area (Å²) in [6.07, 6.45) is 2.93. The van der Waals surface area contributed by atoms with Gasteiger partial charge in [-0.15, -0.1) is 0 Å². The summed E-state index contributed by atoms with van der Waals surface area (Å²) < 4.78 is 6.37. The van der Waals surface area contributed by atoms with Gasteiger partial charge in [-0.3, -0.25) is 4.79 Å². The molecule has 0 aliphatic heterocycles. The maximum Gasteiger partial charge on any atom is 0.339 e. The first-order valence-corrected chi connectivity index (χ1v) is 19.9. The third kappa shape index (κ3) is 7.63. The summed E-state index contributed by atoms with van der Waals surface area (Å²) in [5, 5.41) is 10.00. The molecule has 1 fully saturated rings. The number of nitrogens with one attached hydrogen (secondary N) is 1. The van der Waals surface area contributed by atoms with Crippen LogP contribution in [0.5, 0.6) is 0 Å². The molecule has 50 heavy (non-hydrogen) atoms. The third-order valence-corrected chi connectivity index (χ3v) is 14.1. The topological polar surface area (TPSA) is 55.4 Å². The second kappa shape index (κ2) is 16.2. The molecule has 248 valence electrons. The van der Waals surface area contributed by atoms with Gasteiger partial charge in [-0.25, -0.2) is 4.79 Å². The van der Waals surface area contributed by atoms with Crippen molar-refractivity contribution in [2.75, 3.05) is 0 Å². The molecule has 6 heteroatoms. The summed E-state index contributed by atoms with van der Waals surface area (Å²) in [7, 11) is -1.97. The predicted molar refractivity (Wildman–Crippen MR) is 209 cm³/mol. The lowest BCUT2D eigenvalue weighted by Crippen LogP contribution is -2.48. The fourth-order valence-corrected chi connectivity index (χ4v) is 11.6. The SMILES string of the molecule is O=C(N[C@@H]1CCCC[C@H]1OC(=O)c1ccccc1P(c1ccccc1)c1ccccc1)c1ccccc1P(c1ccccc1)c1ccccc1. The van der Waals surface area contributed by atoms with Gasteiger partial charge in [0.2, 0.25) is 0 Å². The van der Waals surface area contributed by atoms with Crippen LogP contribution < -0.4 is 37.1 Å². The van der Waals surface area contributed by atoms with Crippen molar-refractivity contribution in [2.24, 2.45) is 0 Å². The van der Waals surface area contributed by atoms with E-state index in [4.69, 9.17) is 4.74 Å². The van der Waals surface area contributed by atoms with Gasteiger partial charge in [0.25, 0.3) is 5.91 Å². The molecule has 0 saturated heterocycles. The largest absolute Gasteiger partial charge is 0.457 e. The van der Waals surface area contributed by atoms with Crippen LogP contribution in [-0.4, -0.2) is 24.0 Å². The fourth-order valence-electron chi connectivity index (χ4n) is 6.71. The summed E-state index contributed by atoms with van der Waals surface area (Å²) >= 11 is 0. The van der Waals surface area contributed by atoms with E-state index < -0.39 is 21.9 Å². The normalized spacial score (nSPS) is 15.8. The molecule has 7 rings (SSSR count). The number of amides is 1. The number of benzene rings is 6. The van der Waals surface area contributed by atoms with Gasteiger partial charge in [0, 0.05) is 5.56 Å². The van der Waals surface area contributed by atoms with Crippen LogP contribution in [0.1, 0.15) is 46.4 Å². The van der Waals surface area contributed by atoms with E-state index in [2.05, 4.69) is 90.2 Å². The van der Waals surface area contributed by atoms with Gasteiger partial charge in [-0.1, -0.05) is 164 Å². The monoisotopic (exact) mass is 691 g/mol. The molecule has 1 aliphatic carbocycles. The highest BCUT2D eigenvalue weighted by Gasteiger charge is 2.33. The molecule has 1 saturated carbocycles. The first-order valence-electron chi connectivity index (χ1n) is 17.2. The molecule has 0 radical (unpaired) electrons. The minimum atomic E-state index is -0.995. The van der Waals surface area contributed by atoms with Crippen molar-refractivity contribution in [3.8, 4) is 0 Å². The van der Waals surface area contributed by atoms with Crippen molar-refractivity contribution in [1.29, 1.82) is 0 Å². The van der Waals surface area contributed by atoms with Crippen molar-refractivity contribution in [3.05, 3.63) is 181 Å². The molecule has 4 nitrogen and oxygen atoms in total. The maximum atomic E-state index is 14.2. The van der Waals surface area contributed by atoms with Crippen LogP contribution in [0.15, 0.2) is 170 Å². The lowest BCUT2D eigenvalue weighted by atomic mass is 9.92. The summed E-state index contributed by atoms with van der Waals surface area (Å²) in [5.41, 5.74) is 1.23. The van der Waals surface area contributed by atoms with E-state index >= 15 is 0 Å². The Balaban J connectivity index is 1.15. The van der Waals surface area contributed by atoms with E-state index in [-0.39, 0.29) is 17.9 Å². The summed E-state index contributed by atoms with van der Waals surface area (Å²) in [6.45, 7) is 0. The van der Waals surface area contributed by atoms with Crippen molar-refractivity contribution < 1.29 is 14.3 Å². The molecule has 1 amide bonds. The Morgan fingerprint density at radius 2 is 0.860 bits per heavy atom. The minimum absolute atomic E-state index is 0.134. The van der Waals surface area contributed by atoms with Gasteiger partial charge >= 0.3 is 5.97 Å². The zero-order chi connectivity index (χ0) is 34.1. The molecule has 6 aromatic carbocycles. The van der Waals surface area contributed by atoms with E-state index in [1.165, 1.54) is 21.2 Å². The summed E-state index contributed by atoms with van der Waals surface area (Å²) in [4.78, 5) is 28.4. The molecule has 0 spiro atoms. The molecule has 1 aliphatic rings. The number of rotatable bonds is 10. The van der Waals surface area contributed by atoms with Crippen LogP contribution in [0.25, 0.3) is 0 Å². The Morgan fingerprint density at radius 3 is 1.34 bits per heavy atom. The average molecular weight is 692 g/mol. The van der Waals surface area contributed by atoms with Gasteiger partial charge in [0.05, 0.1) is 11.6 Å². The van der Waals surface area contributed by atoms with E-state index in [1.54, 1.807) is 0 Å². The molecule has 0 aromatic heterocycles.